The number of anilines is 1. The smallest absolute Gasteiger partial charge is 0.251 e. The van der Waals surface area contributed by atoms with Gasteiger partial charge in [0.2, 0.25) is 5.91 Å². The average molecular weight is 357 g/mol. The van der Waals surface area contributed by atoms with Gasteiger partial charge in [-0.2, -0.15) is 0 Å². The molecule has 0 saturated heterocycles. The standard InChI is InChI=1S/C19H23N3O4/c23-9-8-16(17-5-2-10-26-17)20-12-18(24)21-15-4-1-3-13(11-15)19(25)22-14-6-7-14/h1-5,10-11,14,16,20,23H,6-9,12H2,(H,21,24)(H,22,25). The van der Waals surface area contributed by atoms with Crippen LogP contribution >= 0.6 is 0 Å². The molecule has 0 radical (unpaired) electrons. The number of rotatable bonds is 9. The van der Waals surface area contributed by atoms with Crippen LogP contribution in [0.25, 0.3) is 0 Å². The lowest BCUT2D eigenvalue weighted by molar-refractivity contribution is -0.115. The normalized spacial score (nSPS) is 14.7. The summed E-state index contributed by atoms with van der Waals surface area (Å²) < 4.78 is 5.33. The van der Waals surface area contributed by atoms with Crippen LogP contribution in [0.3, 0.4) is 0 Å². The third-order valence-corrected chi connectivity index (χ3v) is 4.13. The number of benzene rings is 1. The van der Waals surface area contributed by atoms with E-state index in [1.807, 2.05) is 0 Å². The Labute approximate surface area is 151 Å². The molecule has 1 saturated carbocycles. The Morgan fingerprint density at radius 3 is 2.77 bits per heavy atom. The van der Waals surface area contributed by atoms with E-state index in [4.69, 9.17) is 9.52 Å². The molecule has 1 fully saturated rings. The van der Waals surface area contributed by atoms with E-state index in [1.54, 1.807) is 42.7 Å². The molecule has 3 rings (SSSR count). The molecule has 4 N–H and O–H groups in total. The second-order valence-corrected chi connectivity index (χ2v) is 6.34. The third-order valence-electron chi connectivity index (χ3n) is 4.13. The van der Waals surface area contributed by atoms with Crippen LogP contribution < -0.4 is 16.0 Å². The van der Waals surface area contributed by atoms with Gasteiger partial charge in [-0.05, 0) is 49.6 Å². The summed E-state index contributed by atoms with van der Waals surface area (Å²) in [6.45, 7) is 0.0437. The van der Waals surface area contributed by atoms with E-state index in [0.29, 0.717) is 23.4 Å². The second kappa shape index (κ2) is 8.64. The van der Waals surface area contributed by atoms with Crippen LogP contribution in [0.5, 0.6) is 0 Å². The highest BCUT2D eigenvalue weighted by atomic mass is 16.3. The molecule has 1 aliphatic rings. The first kappa shape index (κ1) is 18.2. The highest BCUT2D eigenvalue weighted by molar-refractivity contribution is 5.97. The maximum Gasteiger partial charge on any atom is 0.251 e. The molecule has 138 valence electrons. The monoisotopic (exact) mass is 357 g/mol. The van der Waals surface area contributed by atoms with Crippen molar-refractivity contribution in [3.05, 3.63) is 54.0 Å². The summed E-state index contributed by atoms with van der Waals surface area (Å²) in [7, 11) is 0. The molecule has 7 heteroatoms. The van der Waals surface area contributed by atoms with Gasteiger partial charge in [-0.25, -0.2) is 0 Å². The lowest BCUT2D eigenvalue weighted by atomic mass is 10.1. The number of aliphatic hydroxyl groups excluding tert-OH is 1. The van der Waals surface area contributed by atoms with Gasteiger partial charge >= 0.3 is 0 Å². The topological polar surface area (TPSA) is 104 Å². The molecule has 1 unspecified atom stereocenters. The van der Waals surface area contributed by atoms with Gasteiger partial charge in [0, 0.05) is 23.9 Å². The SMILES string of the molecule is O=C(CNC(CCO)c1ccco1)Nc1cccc(C(=O)NC2CC2)c1. The zero-order valence-electron chi connectivity index (χ0n) is 14.4. The molecule has 1 aromatic heterocycles. The molecule has 0 aliphatic heterocycles. The quantitative estimate of drug-likeness (QED) is 0.548. The highest BCUT2D eigenvalue weighted by Gasteiger charge is 2.23. The van der Waals surface area contributed by atoms with E-state index in [-0.39, 0.29) is 37.0 Å². The number of aliphatic hydroxyl groups is 1. The lowest BCUT2D eigenvalue weighted by Crippen LogP contribution is -2.31. The summed E-state index contributed by atoms with van der Waals surface area (Å²) in [6, 6.07) is 10.5. The van der Waals surface area contributed by atoms with Crippen LogP contribution in [0.4, 0.5) is 5.69 Å². The second-order valence-electron chi connectivity index (χ2n) is 6.34. The molecule has 1 heterocycles. The zero-order chi connectivity index (χ0) is 18.4. The van der Waals surface area contributed by atoms with Crippen LogP contribution in [0.15, 0.2) is 47.1 Å². The maximum absolute atomic E-state index is 12.2. The summed E-state index contributed by atoms with van der Waals surface area (Å²) in [5, 5.41) is 17.9. The van der Waals surface area contributed by atoms with Crippen molar-refractivity contribution >= 4 is 17.5 Å². The predicted octanol–water partition coefficient (Wildman–Crippen LogP) is 1.82. The Balaban J connectivity index is 1.53. The fourth-order valence-electron chi connectivity index (χ4n) is 2.62. The number of hydrogen-bond donors (Lipinski definition) is 4. The summed E-state index contributed by atoms with van der Waals surface area (Å²) in [4.78, 5) is 24.3. The van der Waals surface area contributed by atoms with Crippen molar-refractivity contribution in [1.29, 1.82) is 0 Å². The number of carbonyl (C=O) groups is 2. The number of furan rings is 1. The molecular formula is C19H23N3O4. The van der Waals surface area contributed by atoms with Gasteiger partial charge in [0.25, 0.3) is 5.91 Å². The van der Waals surface area contributed by atoms with E-state index in [2.05, 4.69) is 16.0 Å². The zero-order valence-corrected chi connectivity index (χ0v) is 14.4. The number of nitrogens with one attached hydrogen (secondary N) is 3. The molecule has 7 nitrogen and oxygen atoms in total. The van der Waals surface area contributed by atoms with Crippen LogP contribution in [-0.4, -0.2) is 36.1 Å². The Morgan fingerprint density at radius 1 is 1.23 bits per heavy atom. The van der Waals surface area contributed by atoms with Crippen LogP contribution in [-0.2, 0) is 4.79 Å². The van der Waals surface area contributed by atoms with E-state index in [9.17, 15) is 9.59 Å². The summed E-state index contributed by atoms with van der Waals surface area (Å²) >= 11 is 0. The molecule has 1 aliphatic carbocycles. The van der Waals surface area contributed by atoms with Crippen molar-refractivity contribution in [1.82, 2.24) is 10.6 Å². The maximum atomic E-state index is 12.2. The van der Waals surface area contributed by atoms with Gasteiger partial charge in [0.05, 0.1) is 18.8 Å². The lowest BCUT2D eigenvalue weighted by Gasteiger charge is -2.15. The van der Waals surface area contributed by atoms with Gasteiger partial charge in [0.1, 0.15) is 5.76 Å². The summed E-state index contributed by atoms with van der Waals surface area (Å²) in [5.74, 6) is 0.312. The van der Waals surface area contributed by atoms with Crippen molar-refractivity contribution in [2.75, 3.05) is 18.5 Å². The van der Waals surface area contributed by atoms with Gasteiger partial charge in [-0.3, -0.25) is 14.9 Å². The van der Waals surface area contributed by atoms with Crippen molar-refractivity contribution in [3.8, 4) is 0 Å². The molecule has 0 bridgehead atoms. The van der Waals surface area contributed by atoms with E-state index >= 15 is 0 Å². The van der Waals surface area contributed by atoms with Crippen LogP contribution in [0, 0.1) is 0 Å². The van der Waals surface area contributed by atoms with Crippen molar-refractivity contribution in [2.24, 2.45) is 0 Å². The molecule has 2 aromatic rings. The first-order valence-corrected chi connectivity index (χ1v) is 8.74. The predicted molar refractivity (Wildman–Crippen MR) is 96.7 cm³/mol. The number of amides is 2. The molecular weight excluding hydrogens is 334 g/mol. The Morgan fingerprint density at radius 2 is 2.08 bits per heavy atom. The molecule has 2 amide bonds. The van der Waals surface area contributed by atoms with E-state index in [0.717, 1.165) is 12.8 Å². The summed E-state index contributed by atoms with van der Waals surface area (Å²) in [6.07, 6.45) is 4.05. The van der Waals surface area contributed by atoms with E-state index in [1.165, 1.54) is 0 Å². The van der Waals surface area contributed by atoms with Crippen LogP contribution in [0.1, 0.15) is 41.4 Å². The first-order chi connectivity index (χ1) is 12.7. The van der Waals surface area contributed by atoms with Gasteiger partial charge in [-0.1, -0.05) is 6.07 Å². The van der Waals surface area contributed by atoms with Crippen molar-refractivity contribution in [3.63, 3.8) is 0 Å². The summed E-state index contributed by atoms with van der Waals surface area (Å²) in [5.41, 5.74) is 1.09. The van der Waals surface area contributed by atoms with Gasteiger partial charge in [-0.15, -0.1) is 0 Å². The highest BCUT2D eigenvalue weighted by Crippen LogP contribution is 2.20. The van der Waals surface area contributed by atoms with Crippen molar-refractivity contribution in [2.45, 2.75) is 31.3 Å². The molecule has 1 aromatic carbocycles. The Bertz CT molecular complexity index is 741. The molecule has 26 heavy (non-hydrogen) atoms. The van der Waals surface area contributed by atoms with Crippen LogP contribution in [0.2, 0.25) is 0 Å². The third kappa shape index (κ3) is 5.18. The number of carbonyl (C=O) groups excluding carboxylic acids is 2. The molecule has 1 atom stereocenters. The minimum atomic E-state index is -0.239. The average Bonchev–Trinajstić information content (AvgIpc) is 3.28. The minimum absolute atomic E-state index is 0.0157. The first-order valence-electron chi connectivity index (χ1n) is 8.74. The largest absolute Gasteiger partial charge is 0.468 e. The Hall–Kier alpha value is -2.64. The van der Waals surface area contributed by atoms with Gasteiger partial charge in [0.15, 0.2) is 0 Å². The van der Waals surface area contributed by atoms with Gasteiger partial charge < -0.3 is 20.2 Å². The van der Waals surface area contributed by atoms with Crippen molar-refractivity contribution < 1.29 is 19.1 Å². The fourth-order valence-corrected chi connectivity index (χ4v) is 2.62. The minimum Gasteiger partial charge on any atom is -0.468 e. The number of hydrogen-bond acceptors (Lipinski definition) is 5. The molecule has 0 spiro atoms. The Kier molecular flexibility index (Phi) is 6.04. The van der Waals surface area contributed by atoms with E-state index < -0.39 is 0 Å². The fraction of sp³-hybridized carbons (Fsp3) is 0.368.